The van der Waals surface area contributed by atoms with E-state index in [2.05, 4.69) is 6.07 Å². The summed E-state index contributed by atoms with van der Waals surface area (Å²) in [6.07, 6.45) is 2.29. The van der Waals surface area contributed by atoms with Gasteiger partial charge in [0.05, 0.1) is 22.7 Å². The number of rotatable bonds is 8. The summed E-state index contributed by atoms with van der Waals surface area (Å²) in [5.74, 6) is 0.417. The number of benzene rings is 1. The van der Waals surface area contributed by atoms with Crippen LogP contribution < -0.4 is 4.74 Å². The minimum atomic E-state index is 0.360. The Morgan fingerprint density at radius 3 is 2.32 bits per heavy atom. The minimum absolute atomic E-state index is 0.360. The molecule has 1 rings (SSSR count). The van der Waals surface area contributed by atoms with Crippen LogP contribution >= 0.6 is 34.8 Å². The summed E-state index contributed by atoms with van der Waals surface area (Å²) in [6.45, 7) is 1.42. The Morgan fingerprint density at radius 2 is 1.68 bits per heavy atom. The average molecular weight is 323 g/mol. The molecule has 0 saturated carbocycles. The second kappa shape index (κ2) is 9.28. The van der Waals surface area contributed by atoms with Gasteiger partial charge in [0, 0.05) is 18.1 Å². The number of unbranched alkanes of at least 4 members (excludes halogenated alkanes) is 2. The van der Waals surface area contributed by atoms with Crippen molar-refractivity contribution in [2.45, 2.75) is 19.3 Å². The Balaban J connectivity index is 2.21. The molecule has 0 aliphatic rings. The van der Waals surface area contributed by atoms with E-state index in [9.17, 15) is 0 Å². The van der Waals surface area contributed by atoms with Crippen LogP contribution in [-0.2, 0) is 4.74 Å². The van der Waals surface area contributed by atoms with Crippen LogP contribution in [0.4, 0.5) is 0 Å². The molecule has 0 unspecified atom stereocenters. The Kier molecular flexibility index (Phi) is 8.00. The molecule has 0 N–H and O–H groups in total. The van der Waals surface area contributed by atoms with Crippen LogP contribution in [0.5, 0.6) is 5.75 Å². The third kappa shape index (κ3) is 6.35. The Labute approximate surface area is 128 Å². The number of ether oxygens (including phenoxy) is 2. The van der Waals surface area contributed by atoms with Crippen LogP contribution in [-0.4, -0.2) is 19.8 Å². The lowest BCUT2D eigenvalue weighted by Crippen LogP contribution is -2.08. The Bertz CT molecular complexity index is 423. The van der Waals surface area contributed by atoms with Gasteiger partial charge in [-0.1, -0.05) is 34.8 Å². The molecule has 0 saturated heterocycles. The lowest BCUT2D eigenvalue weighted by molar-refractivity contribution is 0.0977. The summed E-state index contributed by atoms with van der Waals surface area (Å²) in [5.41, 5.74) is 0. The van der Waals surface area contributed by atoms with Crippen LogP contribution in [0.15, 0.2) is 12.1 Å². The van der Waals surface area contributed by atoms with Crippen LogP contribution in [0.3, 0.4) is 0 Å². The summed E-state index contributed by atoms with van der Waals surface area (Å²) in [5, 5.41) is 9.59. The first-order valence-electron chi connectivity index (χ1n) is 5.87. The maximum Gasteiger partial charge on any atom is 0.156 e. The minimum Gasteiger partial charge on any atom is -0.488 e. The molecule has 0 aromatic heterocycles. The second-order valence-corrected chi connectivity index (χ2v) is 5.03. The summed E-state index contributed by atoms with van der Waals surface area (Å²) < 4.78 is 10.8. The first-order chi connectivity index (χ1) is 9.15. The first-order valence-corrected chi connectivity index (χ1v) is 7.00. The van der Waals surface area contributed by atoms with Crippen LogP contribution in [0.1, 0.15) is 19.3 Å². The van der Waals surface area contributed by atoms with Gasteiger partial charge in [-0.25, -0.2) is 0 Å². The molecular formula is C13H14Cl3NO2. The molecule has 1 aromatic rings. The largest absolute Gasteiger partial charge is 0.488 e. The fraction of sp³-hybridized carbons (Fsp3) is 0.462. The number of nitriles is 1. The Morgan fingerprint density at radius 1 is 1.00 bits per heavy atom. The second-order valence-electron chi connectivity index (χ2n) is 3.77. The molecule has 0 heterocycles. The molecule has 3 nitrogen and oxygen atoms in total. The molecular weight excluding hydrogens is 309 g/mol. The molecule has 19 heavy (non-hydrogen) atoms. The Hall–Kier alpha value is -0.660. The molecule has 104 valence electrons. The molecule has 0 radical (unpaired) electrons. The maximum absolute atomic E-state index is 8.36. The van der Waals surface area contributed by atoms with Gasteiger partial charge in [-0.05, 0) is 25.0 Å². The van der Waals surface area contributed by atoms with Crippen molar-refractivity contribution in [3.05, 3.63) is 27.2 Å². The van der Waals surface area contributed by atoms with Crippen molar-refractivity contribution < 1.29 is 9.47 Å². The fourth-order valence-electron chi connectivity index (χ4n) is 1.38. The predicted molar refractivity (Wildman–Crippen MR) is 77.3 cm³/mol. The van der Waals surface area contributed by atoms with E-state index >= 15 is 0 Å². The first kappa shape index (κ1) is 16.4. The smallest absolute Gasteiger partial charge is 0.156 e. The molecule has 0 aliphatic carbocycles. The number of hydrogen-bond acceptors (Lipinski definition) is 3. The monoisotopic (exact) mass is 321 g/mol. The highest BCUT2D eigenvalue weighted by molar-refractivity contribution is 6.40. The van der Waals surface area contributed by atoms with Crippen molar-refractivity contribution in [1.82, 2.24) is 0 Å². The zero-order valence-corrected chi connectivity index (χ0v) is 12.6. The highest BCUT2D eigenvalue weighted by atomic mass is 35.5. The third-order valence-corrected chi connectivity index (χ3v) is 3.04. The highest BCUT2D eigenvalue weighted by Crippen LogP contribution is 2.35. The SMILES string of the molecule is N#CCCCCOCCOc1c(Cl)cc(Cl)cc1Cl. The van der Waals surface area contributed by atoms with Crippen LogP contribution in [0, 0.1) is 11.3 Å². The van der Waals surface area contributed by atoms with Gasteiger partial charge >= 0.3 is 0 Å². The zero-order valence-electron chi connectivity index (χ0n) is 10.3. The van der Waals surface area contributed by atoms with Gasteiger partial charge in [0.2, 0.25) is 0 Å². The van der Waals surface area contributed by atoms with E-state index in [4.69, 9.17) is 49.5 Å². The van der Waals surface area contributed by atoms with E-state index in [0.717, 1.165) is 12.8 Å². The van der Waals surface area contributed by atoms with E-state index in [-0.39, 0.29) is 0 Å². The van der Waals surface area contributed by atoms with Gasteiger partial charge in [0.25, 0.3) is 0 Å². The zero-order chi connectivity index (χ0) is 14.1. The molecule has 0 bridgehead atoms. The summed E-state index contributed by atoms with van der Waals surface area (Å²) in [6, 6.07) is 5.24. The van der Waals surface area contributed by atoms with E-state index in [1.165, 1.54) is 0 Å². The molecule has 0 atom stereocenters. The van der Waals surface area contributed by atoms with Gasteiger partial charge < -0.3 is 9.47 Å². The molecule has 0 spiro atoms. The quantitative estimate of drug-likeness (QED) is 0.649. The summed E-state index contributed by atoms with van der Waals surface area (Å²) >= 11 is 17.7. The van der Waals surface area contributed by atoms with E-state index in [0.29, 0.717) is 47.1 Å². The lowest BCUT2D eigenvalue weighted by Gasteiger charge is -2.10. The fourth-order valence-corrected chi connectivity index (χ4v) is 2.31. The van der Waals surface area contributed by atoms with E-state index in [1.807, 2.05) is 0 Å². The van der Waals surface area contributed by atoms with Crippen molar-refractivity contribution in [2.24, 2.45) is 0 Å². The molecule has 1 aromatic carbocycles. The predicted octanol–water partition coefficient (Wildman–Crippen LogP) is 4.74. The van der Waals surface area contributed by atoms with Gasteiger partial charge in [-0.3, -0.25) is 0 Å². The van der Waals surface area contributed by atoms with Crippen molar-refractivity contribution in [1.29, 1.82) is 5.26 Å². The summed E-state index contributed by atoms with van der Waals surface area (Å²) in [7, 11) is 0. The standard InChI is InChI=1S/C13H14Cl3NO2/c14-10-8-11(15)13(12(16)9-10)19-7-6-18-5-3-1-2-4-17/h8-9H,1-3,5-7H2. The maximum atomic E-state index is 8.36. The van der Waals surface area contributed by atoms with Gasteiger partial charge in [-0.15, -0.1) is 0 Å². The van der Waals surface area contributed by atoms with Gasteiger partial charge in [0.1, 0.15) is 6.61 Å². The molecule has 0 aliphatic heterocycles. The molecule has 0 fully saturated rings. The van der Waals surface area contributed by atoms with Crippen LogP contribution in [0.2, 0.25) is 15.1 Å². The lowest BCUT2D eigenvalue weighted by atomic mass is 10.3. The van der Waals surface area contributed by atoms with E-state index < -0.39 is 0 Å². The van der Waals surface area contributed by atoms with Gasteiger partial charge in [0.15, 0.2) is 5.75 Å². The molecule has 6 heteroatoms. The van der Waals surface area contributed by atoms with Crippen molar-refractivity contribution in [3.63, 3.8) is 0 Å². The third-order valence-electron chi connectivity index (χ3n) is 2.26. The van der Waals surface area contributed by atoms with E-state index in [1.54, 1.807) is 12.1 Å². The molecule has 0 amide bonds. The number of hydrogen-bond donors (Lipinski definition) is 0. The van der Waals surface area contributed by atoms with Crippen LogP contribution in [0.25, 0.3) is 0 Å². The topological polar surface area (TPSA) is 42.2 Å². The normalized spacial score (nSPS) is 10.2. The average Bonchev–Trinajstić information content (AvgIpc) is 2.35. The number of nitrogens with zero attached hydrogens (tertiary/aromatic N) is 1. The van der Waals surface area contributed by atoms with Gasteiger partial charge in [-0.2, -0.15) is 5.26 Å². The highest BCUT2D eigenvalue weighted by Gasteiger charge is 2.08. The summed E-state index contributed by atoms with van der Waals surface area (Å²) in [4.78, 5) is 0. The van der Waals surface area contributed by atoms with Crippen molar-refractivity contribution >= 4 is 34.8 Å². The van der Waals surface area contributed by atoms with Crippen molar-refractivity contribution in [3.8, 4) is 11.8 Å². The number of halogens is 3. The van der Waals surface area contributed by atoms with Crippen molar-refractivity contribution in [2.75, 3.05) is 19.8 Å².